The highest BCUT2D eigenvalue weighted by atomic mass is 16.6. The van der Waals surface area contributed by atoms with Crippen molar-refractivity contribution < 1.29 is 28.6 Å². The van der Waals surface area contributed by atoms with Crippen molar-refractivity contribution in [2.45, 2.75) is 207 Å². The van der Waals surface area contributed by atoms with Gasteiger partial charge in [-0.25, -0.2) is 0 Å². The van der Waals surface area contributed by atoms with Gasteiger partial charge in [-0.15, -0.1) is 0 Å². The SMILES string of the molecule is CC/C=C\C/C=C\C/C=C\C/C=C\C/C=C\CCC(=O)OC(COC(=O)CCCCCC/C=C\CCCC)COC(=O)CCCCCCCC/C=C\C/C=C\C/C=C\C/C=C\CC. The van der Waals surface area contributed by atoms with E-state index in [9.17, 15) is 14.4 Å². The van der Waals surface area contributed by atoms with E-state index >= 15 is 0 Å². The zero-order valence-corrected chi connectivity index (χ0v) is 40.3. The molecule has 0 amide bonds. The van der Waals surface area contributed by atoms with Crippen molar-refractivity contribution in [1.29, 1.82) is 0 Å². The molecule has 6 nitrogen and oxygen atoms in total. The van der Waals surface area contributed by atoms with Gasteiger partial charge in [0.25, 0.3) is 0 Å². The third-order valence-corrected chi connectivity index (χ3v) is 9.94. The molecule has 1 atom stereocenters. The van der Waals surface area contributed by atoms with Gasteiger partial charge in [0, 0.05) is 19.3 Å². The quantitative estimate of drug-likeness (QED) is 0.0263. The van der Waals surface area contributed by atoms with Crippen molar-refractivity contribution in [3.8, 4) is 0 Å². The van der Waals surface area contributed by atoms with Gasteiger partial charge in [0.05, 0.1) is 0 Å². The van der Waals surface area contributed by atoms with E-state index in [4.69, 9.17) is 14.2 Å². The van der Waals surface area contributed by atoms with E-state index in [0.29, 0.717) is 19.3 Å². The summed E-state index contributed by atoms with van der Waals surface area (Å²) in [5.41, 5.74) is 0. The first kappa shape index (κ1) is 58.8. The van der Waals surface area contributed by atoms with Gasteiger partial charge in [-0.05, 0) is 109 Å². The second-order valence-corrected chi connectivity index (χ2v) is 16.0. The van der Waals surface area contributed by atoms with Crippen LogP contribution in [-0.2, 0) is 28.6 Å². The number of allylic oxidation sites excluding steroid dienone is 20. The van der Waals surface area contributed by atoms with Crippen LogP contribution in [0.5, 0.6) is 0 Å². The molecule has 0 aliphatic carbocycles. The average Bonchev–Trinajstić information content (AvgIpc) is 3.28. The number of esters is 3. The van der Waals surface area contributed by atoms with Crippen molar-refractivity contribution in [1.82, 2.24) is 0 Å². The zero-order chi connectivity index (χ0) is 45.8. The van der Waals surface area contributed by atoms with Gasteiger partial charge in [0.15, 0.2) is 6.10 Å². The number of unbranched alkanes of at least 4 members (excludes halogenated alkanes) is 12. The molecule has 354 valence electrons. The fraction of sp³-hybridized carbons (Fsp3) is 0.596. The van der Waals surface area contributed by atoms with E-state index in [1.165, 1.54) is 25.7 Å². The molecule has 0 aliphatic heterocycles. The maximum absolute atomic E-state index is 12.7. The van der Waals surface area contributed by atoms with Crippen LogP contribution in [0.2, 0.25) is 0 Å². The molecule has 0 aromatic carbocycles. The van der Waals surface area contributed by atoms with Crippen LogP contribution >= 0.6 is 0 Å². The second kappa shape index (κ2) is 50.5. The third-order valence-electron chi connectivity index (χ3n) is 9.94. The molecule has 0 saturated carbocycles. The van der Waals surface area contributed by atoms with Crippen LogP contribution in [0.3, 0.4) is 0 Å². The molecule has 0 aromatic rings. The van der Waals surface area contributed by atoms with Crippen LogP contribution in [0.1, 0.15) is 201 Å². The van der Waals surface area contributed by atoms with Gasteiger partial charge in [-0.3, -0.25) is 14.4 Å². The molecular weight excluding hydrogens is 781 g/mol. The van der Waals surface area contributed by atoms with E-state index in [1.54, 1.807) is 0 Å². The molecule has 6 heteroatoms. The van der Waals surface area contributed by atoms with Gasteiger partial charge < -0.3 is 14.2 Å². The van der Waals surface area contributed by atoms with Crippen LogP contribution < -0.4 is 0 Å². The largest absolute Gasteiger partial charge is 0.462 e. The van der Waals surface area contributed by atoms with Gasteiger partial charge in [-0.2, -0.15) is 0 Å². The fourth-order valence-corrected chi connectivity index (χ4v) is 6.23. The second-order valence-electron chi connectivity index (χ2n) is 16.0. The van der Waals surface area contributed by atoms with Crippen LogP contribution in [0, 0.1) is 0 Å². The highest BCUT2D eigenvalue weighted by Gasteiger charge is 2.19. The summed E-state index contributed by atoms with van der Waals surface area (Å²) >= 11 is 0. The highest BCUT2D eigenvalue weighted by Crippen LogP contribution is 2.12. The first-order valence-corrected chi connectivity index (χ1v) is 25.0. The Bertz CT molecular complexity index is 1370. The zero-order valence-electron chi connectivity index (χ0n) is 40.3. The molecule has 0 saturated heterocycles. The smallest absolute Gasteiger partial charge is 0.306 e. The maximum atomic E-state index is 12.7. The summed E-state index contributed by atoms with van der Waals surface area (Å²) in [7, 11) is 0. The van der Waals surface area contributed by atoms with Crippen molar-refractivity contribution >= 4 is 17.9 Å². The predicted molar refractivity (Wildman–Crippen MR) is 269 cm³/mol. The summed E-state index contributed by atoms with van der Waals surface area (Å²) < 4.78 is 16.7. The summed E-state index contributed by atoms with van der Waals surface area (Å²) in [6.45, 7) is 6.26. The number of hydrogen-bond acceptors (Lipinski definition) is 6. The monoisotopic (exact) mass is 871 g/mol. The molecule has 0 radical (unpaired) electrons. The molecule has 0 N–H and O–H groups in total. The van der Waals surface area contributed by atoms with Gasteiger partial charge in [0.2, 0.25) is 0 Å². The summed E-state index contributed by atoms with van der Waals surface area (Å²) in [4.78, 5) is 37.9. The van der Waals surface area contributed by atoms with E-state index < -0.39 is 12.1 Å². The Labute approximate surface area is 386 Å². The van der Waals surface area contributed by atoms with E-state index in [-0.39, 0.29) is 31.6 Å². The topological polar surface area (TPSA) is 78.9 Å². The predicted octanol–water partition coefficient (Wildman–Crippen LogP) is 16.5. The first-order valence-electron chi connectivity index (χ1n) is 25.0. The number of hydrogen-bond donors (Lipinski definition) is 0. The van der Waals surface area contributed by atoms with Crippen LogP contribution in [0.25, 0.3) is 0 Å². The number of carbonyl (C=O) groups is 3. The Hall–Kier alpha value is -4.19. The summed E-state index contributed by atoms with van der Waals surface area (Å²) in [5.74, 6) is -1.04. The molecule has 63 heavy (non-hydrogen) atoms. The Morgan fingerprint density at radius 2 is 0.651 bits per heavy atom. The van der Waals surface area contributed by atoms with Crippen molar-refractivity contribution in [3.63, 3.8) is 0 Å². The fourth-order valence-electron chi connectivity index (χ4n) is 6.23. The lowest BCUT2D eigenvalue weighted by Gasteiger charge is -2.18. The maximum Gasteiger partial charge on any atom is 0.306 e. The first-order chi connectivity index (χ1) is 31.0. The lowest BCUT2D eigenvalue weighted by Crippen LogP contribution is -2.30. The van der Waals surface area contributed by atoms with Gasteiger partial charge >= 0.3 is 17.9 Å². The van der Waals surface area contributed by atoms with E-state index in [0.717, 1.165) is 128 Å². The Kier molecular flexibility index (Phi) is 47.1. The summed E-state index contributed by atoms with van der Waals surface area (Å²) in [6, 6.07) is 0. The number of rotatable bonds is 43. The molecule has 0 spiro atoms. The molecule has 0 rings (SSSR count). The number of ether oxygens (including phenoxy) is 3. The highest BCUT2D eigenvalue weighted by molar-refractivity contribution is 5.71. The average molecular weight is 871 g/mol. The Morgan fingerprint density at radius 3 is 1.05 bits per heavy atom. The molecule has 0 fully saturated rings. The van der Waals surface area contributed by atoms with Crippen molar-refractivity contribution in [2.75, 3.05) is 13.2 Å². The minimum absolute atomic E-state index is 0.122. The van der Waals surface area contributed by atoms with E-state index in [1.807, 2.05) is 12.2 Å². The minimum Gasteiger partial charge on any atom is -0.462 e. The lowest BCUT2D eigenvalue weighted by molar-refractivity contribution is -0.166. The molecule has 0 heterocycles. The Morgan fingerprint density at radius 1 is 0.333 bits per heavy atom. The Balaban J connectivity index is 4.51. The molecular formula is C57H90O6. The summed E-state index contributed by atoms with van der Waals surface area (Å²) in [6.07, 6.45) is 69.1. The molecule has 0 aromatic heterocycles. The van der Waals surface area contributed by atoms with Gasteiger partial charge in [0.1, 0.15) is 13.2 Å². The number of carbonyl (C=O) groups excluding carboxylic acids is 3. The normalized spacial score (nSPS) is 13.1. The lowest BCUT2D eigenvalue weighted by atomic mass is 10.1. The molecule has 1 unspecified atom stereocenters. The standard InChI is InChI=1S/C57H90O6/c1-4-7-10-13-16-19-22-24-26-28-29-30-32-33-35-38-41-44-47-50-56(59)62-53-54(52-61-55(58)49-46-43-40-37-21-18-15-12-9-6-3)63-57(60)51-48-45-42-39-36-34-31-27-25-23-20-17-14-11-8-5-2/h7-8,10-11,15-20,24-27,29-30,34,36,42,45,54H,4-6,9,12-14,21-23,28,31-33,35,37-41,43-44,46-53H2,1-3H3/b10-7-,11-8-,18-15-,19-16-,20-17-,26-24-,27-25-,30-29-,36-34-,45-42-. The minimum atomic E-state index is -0.830. The van der Waals surface area contributed by atoms with Crippen LogP contribution in [-0.4, -0.2) is 37.2 Å². The van der Waals surface area contributed by atoms with Crippen LogP contribution in [0.15, 0.2) is 122 Å². The third kappa shape index (κ3) is 48.7. The van der Waals surface area contributed by atoms with Gasteiger partial charge in [-0.1, -0.05) is 194 Å². The van der Waals surface area contributed by atoms with Crippen LogP contribution in [0.4, 0.5) is 0 Å². The van der Waals surface area contributed by atoms with Crippen molar-refractivity contribution in [2.24, 2.45) is 0 Å². The molecule has 0 bridgehead atoms. The molecule has 0 aliphatic rings. The van der Waals surface area contributed by atoms with E-state index in [2.05, 4.69) is 130 Å². The van der Waals surface area contributed by atoms with Crippen molar-refractivity contribution in [3.05, 3.63) is 122 Å². The summed E-state index contributed by atoms with van der Waals surface area (Å²) in [5, 5.41) is 0.